The summed E-state index contributed by atoms with van der Waals surface area (Å²) in [6.45, 7) is 4.79. The normalized spacial score (nSPS) is 18.0. The summed E-state index contributed by atoms with van der Waals surface area (Å²) >= 11 is 0. The van der Waals surface area contributed by atoms with E-state index < -0.39 is 0 Å². The maximum Gasteiger partial charge on any atom is 0.136 e. The van der Waals surface area contributed by atoms with Crippen LogP contribution in [-0.2, 0) is 5.41 Å². The third-order valence-corrected chi connectivity index (χ3v) is 13.1. The van der Waals surface area contributed by atoms with Gasteiger partial charge < -0.3 is 4.42 Å². The van der Waals surface area contributed by atoms with Gasteiger partial charge >= 0.3 is 0 Å². The van der Waals surface area contributed by atoms with Gasteiger partial charge in [0.25, 0.3) is 0 Å². The standard InChI is InChI=1S/C55H38O/c1-55(2)48-30-24-34(32-47(48)45-28-27-43-44(54(45)55)29-31-50-53(43)46-22-12-13-23-49(46)56-50)51-38-18-8-10-20-40(38)52(41-21-11-9-19-39(41)51)42-26-25-35(33-14-4-3-5-15-33)36-16-6-7-17-37(36)42/h3-32,36-37H,1-2H3. The lowest BCUT2D eigenvalue weighted by Crippen LogP contribution is -2.19. The Balaban J connectivity index is 1.08. The average molecular weight is 715 g/mol. The van der Waals surface area contributed by atoms with Crippen molar-refractivity contribution in [3.8, 4) is 22.3 Å². The molecule has 0 fully saturated rings. The molecule has 2 unspecified atom stereocenters. The fraction of sp³-hybridized carbons (Fsp3) is 0.0909. The third kappa shape index (κ3) is 4.31. The Hall–Kier alpha value is -6.70. The molecule has 0 N–H and O–H groups in total. The molecule has 1 nitrogen and oxygen atoms in total. The van der Waals surface area contributed by atoms with E-state index in [4.69, 9.17) is 4.42 Å². The summed E-state index contributed by atoms with van der Waals surface area (Å²) in [5, 5.41) is 10.1. The predicted molar refractivity (Wildman–Crippen MR) is 237 cm³/mol. The van der Waals surface area contributed by atoms with Crippen LogP contribution in [0.2, 0.25) is 0 Å². The molecule has 8 aromatic carbocycles. The van der Waals surface area contributed by atoms with Gasteiger partial charge in [0, 0.05) is 28.0 Å². The second-order valence-corrected chi connectivity index (χ2v) is 16.3. The first-order valence-electron chi connectivity index (χ1n) is 19.8. The van der Waals surface area contributed by atoms with Crippen LogP contribution in [0.4, 0.5) is 0 Å². The topological polar surface area (TPSA) is 13.1 Å². The fourth-order valence-corrected chi connectivity index (χ4v) is 10.7. The lowest BCUT2D eigenvalue weighted by molar-refractivity contribution is 0.665. The van der Waals surface area contributed by atoms with Gasteiger partial charge in [0.1, 0.15) is 11.2 Å². The van der Waals surface area contributed by atoms with E-state index in [1.54, 1.807) is 0 Å². The third-order valence-electron chi connectivity index (χ3n) is 13.1. The fourth-order valence-electron chi connectivity index (χ4n) is 10.7. The van der Waals surface area contributed by atoms with E-state index in [2.05, 4.69) is 196 Å². The molecule has 0 radical (unpaired) electrons. The molecular formula is C55H38O. The average Bonchev–Trinajstić information content (AvgIpc) is 3.74. The Bertz CT molecular complexity index is 3210. The minimum atomic E-state index is -0.165. The van der Waals surface area contributed by atoms with E-state index in [9.17, 15) is 0 Å². The van der Waals surface area contributed by atoms with Gasteiger partial charge in [-0.2, -0.15) is 0 Å². The van der Waals surface area contributed by atoms with Crippen molar-refractivity contribution >= 4 is 65.4 Å². The molecule has 1 heteroatoms. The molecule has 56 heavy (non-hydrogen) atoms. The molecule has 0 bridgehead atoms. The summed E-state index contributed by atoms with van der Waals surface area (Å²) in [7, 11) is 0. The molecule has 12 rings (SSSR count). The highest BCUT2D eigenvalue weighted by Crippen LogP contribution is 2.55. The Morgan fingerprint density at radius 1 is 0.446 bits per heavy atom. The van der Waals surface area contributed by atoms with E-state index in [1.165, 1.54) is 98.7 Å². The summed E-state index contributed by atoms with van der Waals surface area (Å²) in [6, 6.07) is 53.9. The zero-order valence-corrected chi connectivity index (χ0v) is 31.4. The number of fused-ring (bicyclic) bond motifs is 12. The van der Waals surface area contributed by atoms with Crippen LogP contribution in [0.15, 0.2) is 186 Å². The van der Waals surface area contributed by atoms with Crippen molar-refractivity contribution in [2.75, 3.05) is 0 Å². The Morgan fingerprint density at radius 3 is 1.79 bits per heavy atom. The van der Waals surface area contributed by atoms with Crippen molar-refractivity contribution < 1.29 is 4.42 Å². The summed E-state index contributed by atoms with van der Waals surface area (Å²) in [6.07, 6.45) is 14.0. The van der Waals surface area contributed by atoms with Gasteiger partial charge in [-0.15, -0.1) is 0 Å². The first kappa shape index (κ1) is 31.6. The number of benzene rings is 8. The summed E-state index contributed by atoms with van der Waals surface area (Å²) in [5.74, 6) is 0.520. The summed E-state index contributed by atoms with van der Waals surface area (Å²) in [5.41, 5.74) is 15.1. The predicted octanol–water partition coefficient (Wildman–Crippen LogP) is 14.9. The minimum absolute atomic E-state index is 0.165. The lowest BCUT2D eigenvalue weighted by atomic mass is 9.70. The van der Waals surface area contributed by atoms with Gasteiger partial charge in [0.2, 0.25) is 0 Å². The second kappa shape index (κ2) is 11.7. The molecular weight excluding hydrogens is 677 g/mol. The van der Waals surface area contributed by atoms with E-state index in [-0.39, 0.29) is 17.3 Å². The molecule has 0 spiro atoms. The maximum absolute atomic E-state index is 6.31. The zero-order valence-electron chi connectivity index (χ0n) is 31.4. The summed E-state index contributed by atoms with van der Waals surface area (Å²) in [4.78, 5) is 0. The first-order chi connectivity index (χ1) is 27.6. The van der Waals surface area contributed by atoms with Crippen molar-refractivity contribution in [3.05, 3.63) is 204 Å². The molecule has 0 aliphatic heterocycles. The molecule has 1 aromatic heterocycles. The van der Waals surface area contributed by atoms with E-state index in [1.807, 2.05) is 0 Å². The number of rotatable bonds is 3. The SMILES string of the molecule is CC1(C)c2ccc(-c3c4ccccc4c(C4=CC=C(c5ccccc5)C5C=CC=CC45)c4ccccc34)cc2-c2ccc3c(ccc4oc5ccccc5c43)c21. The Kier molecular flexibility index (Phi) is 6.58. The molecule has 9 aromatic rings. The van der Waals surface area contributed by atoms with Crippen LogP contribution >= 0.6 is 0 Å². The zero-order chi connectivity index (χ0) is 37.1. The highest BCUT2D eigenvalue weighted by atomic mass is 16.3. The first-order valence-corrected chi connectivity index (χ1v) is 19.8. The summed E-state index contributed by atoms with van der Waals surface area (Å²) < 4.78 is 6.31. The smallest absolute Gasteiger partial charge is 0.136 e. The number of allylic oxidation sites excluding steroid dienone is 8. The molecule has 264 valence electrons. The minimum Gasteiger partial charge on any atom is -0.456 e. The van der Waals surface area contributed by atoms with Gasteiger partial charge in [-0.05, 0) is 106 Å². The van der Waals surface area contributed by atoms with Crippen LogP contribution < -0.4 is 0 Å². The van der Waals surface area contributed by atoms with E-state index in [0.29, 0.717) is 0 Å². The van der Waals surface area contributed by atoms with Crippen molar-refractivity contribution in [2.24, 2.45) is 11.8 Å². The number of hydrogen-bond acceptors (Lipinski definition) is 1. The molecule has 0 saturated heterocycles. The Labute approximate surface area is 326 Å². The second-order valence-electron chi connectivity index (χ2n) is 16.3. The monoisotopic (exact) mass is 714 g/mol. The van der Waals surface area contributed by atoms with Crippen molar-refractivity contribution in [1.29, 1.82) is 0 Å². The van der Waals surface area contributed by atoms with Crippen molar-refractivity contribution in [1.82, 2.24) is 0 Å². The van der Waals surface area contributed by atoms with Crippen LogP contribution in [0.3, 0.4) is 0 Å². The van der Waals surface area contributed by atoms with E-state index >= 15 is 0 Å². The molecule has 2 atom stereocenters. The highest BCUT2D eigenvalue weighted by Gasteiger charge is 2.38. The van der Waals surface area contributed by atoms with Gasteiger partial charge in [-0.1, -0.05) is 178 Å². The highest BCUT2D eigenvalue weighted by molar-refractivity contribution is 6.22. The Morgan fingerprint density at radius 2 is 1.05 bits per heavy atom. The molecule has 3 aliphatic rings. The van der Waals surface area contributed by atoms with Gasteiger partial charge in [0.15, 0.2) is 0 Å². The van der Waals surface area contributed by atoms with Crippen molar-refractivity contribution in [2.45, 2.75) is 19.3 Å². The maximum atomic E-state index is 6.31. The molecule has 1 heterocycles. The lowest BCUT2D eigenvalue weighted by Gasteiger charge is -2.33. The van der Waals surface area contributed by atoms with Crippen LogP contribution in [0, 0.1) is 11.8 Å². The van der Waals surface area contributed by atoms with Crippen LogP contribution in [-0.4, -0.2) is 0 Å². The molecule has 3 aliphatic carbocycles. The van der Waals surface area contributed by atoms with Gasteiger partial charge in [-0.25, -0.2) is 0 Å². The number of furan rings is 1. The van der Waals surface area contributed by atoms with Crippen molar-refractivity contribution in [3.63, 3.8) is 0 Å². The largest absolute Gasteiger partial charge is 0.456 e. The van der Waals surface area contributed by atoms with Gasteiger partial charge in [-0.3, -0.25) is 0 Å². The quantitative estimate of drug-likeness (QED) is 0.166. The van der Waals surface area contributed by atoms with Crippen LogP contribution in [0.25, 0.3) is 87.7 Å². The molecule has 0 amide bonds. The molecule has 0 saturated carbocycles. The number of para-hydroxylation sites is 1. The van der Waals surface area contributed by atoms with E-state index in [0.717, 1.165) is 11.2 Å². The number of hydrogen-bond donors (Lipinski definition) is 0. The van der Waals surface area contributed by atoms with Gasteiger partial charge in [0.05, 0.1) is 0 Å². The van der Waals surface area contributed by atoms with Crippen LogP contribution in [0.5, 0.6) is 0 Å². The van der Waals surface area contributed by atoms with Crippen LogP contribution in [0.1, 0.15) is 36.1 Å².